The number of carbonyl (C=O) groups is 1. The molecule has 0 saturated heterocycles. The van der Waals surface area contributed by atoms with Crippen molar-refractivity contribution in [2.45, 2.75) is 62.5 Å². The Labute approximate surface area is 173 Å². The maximum Gasteiger partial charge on any atom is 0.310 e. The second-order valence-corrected chi connectivity index (χ2v) is 10.3. The number of esters is 1. The zero-order valence-corrected chi connectivity index (χ0v) is 18.2. The van der Waals surface area contributed by atoms with Crippen molar-refractivity contribution in [1.82, 2.24) is 0 Å². The van der Waals surface area contributed by atoms with E-state index in [-0.39, 0.29) is 16.1 Å². The van der Waals surface area contributed by atoms with Crippen LogP contribution in [0.25, 0.3) is 0 Å². The van der Waals surface area contributed by atoms with Gasteiger partial charge in [0.2, 0.25) is 0 Å². The predicted octanol–water partition coefficient (Wildman–Crippen LogP) is 5.74. The van der Waals surface area contributed by atoms with Crippen molar-refractivity contribution in [2.24, 2.45) is 0 Å². The number of benzene rings is 2. The Balaban J connectivity index is 1.77. The normalized spacial score (nSPS) is 16.5. The highest BCUT2D eigenvalue weighted by molar-refractivity contribution is 8.00. The van der Waals surface area contributed by atoms with E-state index in [9.17, 15) is 4.79 Å². The van der Waals surface area contributed by atoms with Crippen molar-refractivity contribution in [1.29, 1.82) is 0 Å². The van der Waals surface area contributed by atoms with Gasteiger partial charge in [-0.1, -0.05) is 51.7 Å². The molecular formula is C25H28O2S. The summed E-state index contributed by atoms with van der Waals surface area (Å²) in [5, 5.41) is 0. The number of ether oxygens (including phenoxy) is 1. The minimum atomic E-state index is -0.195. The number of fused-ring (bicyclic) bond motifs is 1. The first-order chi connectivity index (χ1) is 13.2. The lowest BCUT2D eigenvalue weighted by Gasteiger charge is -2.41. The number of thioether (sulfide) groups is 1. The molecule has 2 aromatic rings. The summed E-state index contributed by atoms with van der Waals surface area (Å²) in [6.07, 6.45) is 1.45. The van der Waals surface area contributed by atoms with E-state index < -0.39 is 0 Å². The van der Waals surface area contributed by atoms with Crippen LogP contribution in [0.1, 0.15) is 63.3 Å². The van der Waals surface area contributed by atoms with E-state index in [1.165, 1.54) is 10.5 Å². The first kappa shape index (κ1) is 20.6. The molecule has 1 aliphatic rings. The van der Waals surface area contributed by atoms with Gasteiger partial charge in [-0.2, -0.15) is 0 Å². The predicted molar refractivity (Wildman–Crippen MR) is 117 cm³/mol. The molecule has 0 N–H and O–H groups in total. The van der Waals surface area contributed by atoms with E-state index >= 15 is 0 Å². The number of rotatable bonds is 3. The van der Waals surface area contributed by atoms with Gasteiger partial charge in [0.15, 0.2) is 0 Å². The molecule has 1 heterocycles. The third-order valence-corrected chi connectivity index (χ3v) is 6.19. The zero-order valence-electron chi connectivity index (χ0n) is 17.4. The van der Waals surface area contributed by atoms with Crippen LogP contribution in [0, 0.1) is 11.8 Å². The summed E-state index contributed by atoms with van der Waals surface area (Å²) < 4.78 is 5.25. The van der Waals surface area contributed by atoms with Crippen LogP contribution in [0.4, 0.5) is 0 Å². The van der Waals surface area contributed by atoms with Crippen LogP contribution in [-0.4, -0.2) is 17.3 Å². The SMILES string of the molecule is CCOC(=O)Cc1ccc(C#Cc2ccc3c(c2)C(C)(C)CC(C)(C)S3)cc1. The molecule has 0 fully saturated rings. The molecule has 0 saturated carbocycles. The fourth-order valence-corrected chi connectivity index (χ4v) is 5.56. The van der Waals surface area contributed by atoms with Gasteiger partial charge >= 0.3 is 5.97 Å². The Bertz CT molecular complexity index is 927. The van der Waals surface area contributed by atoms with E-state index in [2.05, 4.69) is 57.7 Å². The monoisotopic (exact) mass is 392 g/mol. The van der Waals surface area contributed by atoms with Crippen molar-refractivity contribution in [3.63, 3.8) is 0 Å². The average Bonchev–Trinajstić information content (AvgIpc) is 2.60. The van der Waals surface area contributed by atoms with Gasteiger partial charge in [-0.05, 0) is 60.2 Å². The molecule has 146 valence electrons. The molecule has 28 heavy (non-hydrogen) atoms. The van der Waals surface area contributed by atoms with Gasteiger partial charge in [0.1, 0.15) is 0 Å². The van der Waals surface area contributed by atoms with Crippen molar-refractivity contribution >= 4 is 17.7 Å². The maximum atomic E-state index is 11.6. The number of hydrogen-bond acceptors (Lipinski definition) is 3. The van der Waals surface area contributed by atoms with E-state index in [0.717, 1.165) is 23.1 Å². The van der Waals surface area contributed by atoms with Crippen LogP contribution in [0.2, 0.25) is 0 Å². The Hall–Kier alpha value is -2.18. The maximum absolute atomic E-state index is 11.6. The molecule has 0 spiro atoms. The molecule has 3 heteroatoms. The Kier molecular flexibility index (Phi) is 5.91. The molecule has 3 rings (SSSR count). The Morgan fingerprint density at radius 3 is 2.36 bits per heavy atom. The van der Waals surface area contributed by atoms with Crippen molar-refractivity contribution in [3.8, 4) is 11.8 Å². The van der Waals surface area contributed by atoms with Crippen LogP contribution in [-0.2, 0) is 21.4 Å². The van der Waals surface area contributed by atoms with Crippen molar-refractivity contribution in [2.75, 3.05) is 6.61 Å². The molecule has 0 bridgehead atoms. The minimum Gasteiger partial charge on any atom is -0.466 e. The van der Waals surface area contributed by atoms with Gasteiger partial charge in [0.05, 0.1) is 13.0 Å². The highest BCUT2D eigenvalue weighted by atomic mass is 32.2. The lowest BCUT2D eigenvalue weighted by molar-refractivity contribution is -0.142. The highest BCUT2D eigenvalue weighted by Crippen LogP contribution is 2.50. The highest BCUT2D eigenvalue weighted by Gasteiger charge is 2.37. The number of hydrogen-bond donors (Lipinski definition) is 0. The quantitative estimate of drug-likeness (QED) is 0.492. The van der Waals surface area contributed by atoms with Gasteiger partial charge in [-0.3, -0.25) is 4.79 Å². The average molecular weight is 393 g/mol. The second-order valence-electron chi connectivity index (χ2n) is 8.56. The molecule has 0 aromatic heterocycles. The van der Waals surface area contributed by atoms with Crippen LogP contribution in [0.15, 0.2) is 47.4 Å². The first-order valence-electron chi connectivity index (χ1n) is 9.79. The van der Waals surface area contributed by atoms with Gasteiger partial charge in [0, 0.05) is 20.8 Å². The summed E-state index contributed by atoms with van der Waals surface area (Å²) >= 11 is 1.96. The fourth-order valence-electron chi connectivity index (χ4n) is 3.95. The third kappa shape index (κ3) is 5.00. The van der Waals surface area contributed by atoms with Crippen molar-refractivity contribution < 1.29 is 9.53 Å². The van der Waals surface area contributed by atoms with Crippen LogP contribution >= 0.6 is 11.8 Å². The summed E-state index contributed by atoms with van der Waals surface area (Å²) in [6.45, 7) is 11.5. The minimum absolute atomic E-state index is 0.149. The van der Waals surface area contributed by atoms with Gasteiger partial charge < -0.3 is 4.74 Å². The molecule has 0 radical (unpaired) electrons. The molecular weight excluding hydrogens is 364 g/mol. The standard InChI is InChI=1S/C25H28O2S/c1-6-27-23(26)16-20-11-8-18(9-12-20)7-10-19-13-14-22-21(15-19)24(2,3)17-25(4,5)28-22/h8-9,11-15H,6,16-17H2,1-5H3. The zero-order chi connectivity index (χ0) is 20.4. The lowest BCUT2D eigenvalue weighted by Crippen LogP contribution is -2.33. The molecule has 0 atom stereocenters. The third-order valence-electron chi connectivity index (χ3n) is 4.92. The summed E-state index contributed by atoms with van der Waals surface area (Å²) in [5.74, 6) is 6.35. The number of carbonyl (C=O) groups excluding carboxylic acids is 1. The van der Waals surface area contributed by atoms with Gasteiger partial charge in [0.25, 0.3) is 0 Å². The summed E-state index contributed by atoms with van der Waals surface area (Å²) in [4.78, 5) is 12.9. The summed E-state index contributed by atoms with van der Waals surface area (Å²) in [7, 11) is 0. The molecule has 1 aliphatic heterocycles. The van der Waals surface area contributed by atoms with Crippen LogP contribution in [0.3, 0.4) is 0 Å². The molecule has 0 aliphatic carbocycles. The second kappa shape index (κ2) is 8.05. The lowest BCUT2D eigenvalue weighted by atomic mass is 9.76. The van der Waals surface area contributed by atoms with Gasteiger partial charge in [-0.15, -0.1) is 11.8 Å². The summed E-state index contributed by atoms with van der Waals surface area (Å²) in [5.41, 5.74) is 4.48. The van der Waals surface area contributed by atoms with Gasteiger partial charge in [-0.25, -0.2) is 0 Å². The molecule has 2 aromatic carbocycles. The Morgan fingerprint density at radius 1 is 1.04 bits per heavy atom. The van der Waals surface area contributed by atoms with E-state index in [1.807, 2.05) is 43.0 Å². The smallest absolute Gasteiger partial charge is 0.310 e. The van der Waals surface area contributed by atoms with E-state index in [4.69, 9.17) is 4.74 Å². The molecule has 0 unspecified atom stereocenters. The van der Waals surface area contributed by atoms with E-state index in [1.54, 1.807) is 0 Å². The Morgan fingerprint density at radius 2 is 1.68 bits per heavy atom. The topological polar surface area (TPSA) is 26.3 Å². The van der Waals surface area contributed by atoms with Crippen LogP contribution in [0.5, 0.6) is 0 Å². The fraction of sp³-hybridized carbons (Fsp3) is 0.400. The van der Waals surface area contributed by atoms with Crippen molar-refractivity contribution in [3.05, 3.63) is 64.7 Å². The molecule has 0 amide bonds. The largest absolute Gasteiger partial charge is 0.466 e. The first-order valence-corrected chi connectivity index (χ1v) is 10.6. The van der Waals surface area contributed by atoms with E-state index in [0.29, 0.717) is 13.0 Å². The van der Waals surface area contributed by atoms with Crippen LogP contribution < -0.4 is 0 Å². The summed E-state index contributed by atoms with van der Waals surface area (Å²) in [6, 6.07) is 14.4. The molecule has 2 nitrogen and oxygen atoms in total.